The molecule has 0 saturated carbocycles. The molecule has 0 radical (unpaired) electrons. The van der Waals surface area contributed by atoms with Gasteiger partial charge < -0.3 is 4.42 Å². The largest absolute Gasteiger partial charge is 0.422 e. The molecule has 0 unspecified atom stereocenters. The van der Waals surface area contributed by atoms with Gasteiger partial charge in [0.1, 0.15) is 11.8 Å². The predicted molar refractivity (Wildman–Crippen MR) is 113 cm³/mol. The monoisotopic (exact) mass is 402 g/mol. The van der Waals surface area contributed by atoms with Crippen LogP contribution in [0.4, 0.5) is 5.88 Å². The van der Waals surface area contributed by atoms with Crippen molar-refractivity contribution in [2.45, 2.75) is 19.8 Å². The molecule has 1 aromatic carbocycles. The summed E-state index contributed by atoms with van der Waals surface area (Å²) < 4.78 is 7.43. The van der Waals surface area contributed by atoms with E-state index in [0.29, 0.717) is 5.89 Å². The molecule has 0 saturated heterocycles. The molecule has 3 heterocycles. The van der Waals surface area contributed by atoms with Gasteiger partial charge in [-0.05, 0) is 23.6 Å². The topological polar surface area (TPSA) is 92.0 Å². The SMILES string of the molecule is CC(C)c1nc(C#N)c(N/N=C/c2cn(-c3ccccc3)nc2-c2cccs2)o1. The van der Waals surface area contributed by atoms with E-state index in [1.807, 2.05) is 78.6 Å². The first-order valence-corrected chi connectivity index (χ1v) is 9.92. The van der Waals surface area contributed by atoms with Crippen LogP contribution < -0.4 is 5.43 Å². The Morgan fingerprint density at radius 2 is 2.07 bits per heavy atom. The minimum Gasteiger partial charge on any atom is -0.422 e. The summed E-state index contributed by atoms with van der Waals surface area (Å²) >= 11 is 1.61. The number of nitrogens with one attached hydrogen (secondary N) is 1. The van der Waals surface area contributed by atoms with Crippen molar-refractivity contribution >= 4 is 23.4 Å². The average Bonchev–Trinajstić information content (AvgIpc) is 3.48. The molecular formula is C21H18N6OS. The second-order valence-corrected chi connectivity index (χ2v) is 7.50. The lowest BCUT2D eigenvalue weighted by molar-refractivity contribution is 0.481. The van der Waals surface area contributed by atoms with Crippen LogP contribution in [0.2, 0.25) is 0 Å². The minimum absolute atomic E-state index is 0.0798. The molecule has 0 atom stereocenters. The zero-order chi connectivity index (χ0) is 20.2. The summed E-state index contributed by atoms with van der Waals surface area (Å²) in [5.41, 5.74) is 5.61. The maximum atomic E-state index is 9.25. The molecule has 0 aliphatic rings. The number of hydrogen-bond donors (Lipinski definition) is 1. The molecule has 0 bridgehead atoms. The van der Waals surface area contributed by atoms with Crippen molar-refractivity contribution in [2.24, 2.45) is 5.10 Å². The first-order valence-electron chi connectivity index (χ1n) is 9.04. The van der Waals surface area contributed by atoms with E-state index in [9.17, 15) is 5.26 Å². The third-order valence-electron chi connectivity index (χ3n) is 4.13. The normalized spacial score (nSPS) is 11.2. The van der Waals surface area contributed by atoms with Gasteiger partial charge in [-0.3, -0.25) is 0 Å². The molecule has 1 N–H and O–H groups in total. The highest BCUT2D eigenvalue weighted by molar-refractivity contribution is 7.13. The number of para-hydroxylation sites is 1. The summed E-state index contributed by atoms with van der Waals surface area (Å²) in [6.45, 7) is 3.90. The first kappa shape index (κ1) is 18.7. The zero-order valence-electron chi connectivity index (χ0n) is 15.9. The van der Waals surface area contributed by atoms with Crippen LogP contribution in [-0.2, 0) is 0 Å². The van der Waals surface area contributed by atoms with Crippen molar-refractivity contribution in [3.8, 4) is 22.3 Å². The number of hydrogen-bond acceptors (Lipinski definition) is 7. The van der Waals surface area contributed by atoms with Gasteiger partial charge in [0.15, 0.2) is 0 Å². The van der Waals surface area contributed by atoms with Crippen LogP contribution in [0.5, 0.6) is 0 Å². The quantitative estimate of drug-likeness (QED) is 0.361. The second kappa shape index (κ2) is 8.12. The highest BCUT2D eigenvalue weighted by Gasteiger charge is 2.15. The van der Waals surface area contributed by atoms with Crippen LogP contribution in [0, 0.1) is 11.3 Å². The summed E-state index contributed by atoms with van der Waals surface area (Å²) in [6.07, 6.45) is 3.58. The number of anilines is 1. The molecule has 3 aromatic heterocycles. The molecule has 0 aliphatic heterocycles. The number of thiophene rings is 1. The van der Waals surface area contributed by atoms with Crippen LogP contribution in [0.3, 0.4) is 0 Å². The van der Waals surface area contributed by atoms with E-state index in [1.165, 1.54) is 0 Å². The molecule has 7 nitrogen and oxygen atoms in total. The van der Waals surface area contributed by atoms with Gasteiger partial charge in [-0.2, -0.15) is 15.5 Å². The molecule has 0 spiro atoms. The van der Waals surface area contributed by atoms with Gasteiger partial charge in [0.2, 0.25) is 11.6 Å². The molecule has 8 heteroatoms. The zero-order valence-corrected chi connectivity index (χ0v) is 16.7. The van der Waals surface area contributed by atoms with E-state index in [0.717, 1.165) is 21.8 Å². The lowest BCUT2D eigenvalue weighted by atomic mass is 10.2. The smallest absolute Gasteiger partial charge is 0.252 e. The average molecular weight is 402 g/mol. The van der Waals surface area contributed by atoms with Crippen LogP contribution in [0.15, 0.2) is 63.6 Å². The van der Waals surface area contributed by atoms with E-state index < -0.39 is 0 Å². The van der Waals surface area contributed by atoms with E-state index in [-0.39, 0.29) is 17.5 Å². The minimum atomic E-state index is 0.0798. The lowest BCUT2D eigenvalue weighted by Crippen LogP contribution is -1.93. The molecule has 144 valence electrons. The summed E-state index contributed by atoms with van der Waals surface area (Å²) in [5.74, 6) is 0.812. The standard InChI is InChI=1S/C21H18N6OS/c1-14(2)20-24-17(11-22)21(28-20)25-23-12-15-13-27(16-7-4-3-5-8-16)26-19(15)18-9-6-10-29-18/h3-10,12-14,25H,1-2H3/b23-12+. The number of nitriles is 1. The fourth-order valence-corrected chi connectivity index (χ4v) is 3.43. The Balaban J connectivity index is 1.65. The Morgan fingerprint density at radius 1 is 1.24 bits per heavy atom. The van der Waals surface area contributed by atoms with Crippen molar-refractivity contribution in [2.75, 3.05) is 5.43 Å². The van der Waals surface area contributed by atoms with Gasteiger partial charge in [-0.25, -0.2) is 15.1 Å². The van der Waals surface area contributed by atoms with Gasteiger partial charge in [-0.1, -0.05) is 38.1 Å². The van der Waals surface area contributed by atoms with Gasteiger partial charge >= 0.3 is 0 Å². The number of aromatic nitrogens is 3. The molecule has 29 heavy (non-hydrogen) atoms. The third kappa shape index (κ3) is 3.95. The van der Waals surface area contributed by atoms with Crippen molar-refractivity contribution in [3.05, 3.63) is 71.2 Å². The van der Waals surface area contributed by atoms with Gasteiger partial charge in [0.05, 0.1) is 16.8 Å². The highest BCUT2D eigenvalue weighted by atomic mass is 32.1. The molecule has 0 aliphatic carbocycles. The lowest BCUT2D eigenvalue weighted by Gasteiger charge is -1.98. The molecular weight excluding hydrogens is 384 g/mol. The van der Waals surface area contributed by atoms with Crippen molar-refractivity contribution in [1.29, 1.82) is 5.26 Å². The van der Waals surface area contributed by atoms with E-state index in [1.54, 1.807) is 17.6 Å². The maximum absolute atomic E-state index is 9.25. The summed E-state index contributed by atoms with van der Waals surface area (Å²) in [6, 6.07) is 15.9. The van der Waals surface area contributed by atoms with Gasteiger partial charge in [-0.15, -0.1) is 11.3 Å². The van der Waals surface area contributed by atoms with Crippen molar-refractivity contribution in [3.63, 3.8) is 0 Å². The predicted octanol–water partition coefficient (Wildman–Crippen LogP) is 5.03. The highest BCUT2D eigenvalue weighted by Crippen LogP contribution is 2.27. The van der Waals surface area contributed by atoms with Gasteiger partial charge in [0, 0.05) is 17.7 Å². The molecule has 4 rings (SSSR count). The number of rotatable bonds is 6. The first-order chi connectivity index (χ1) is 14.2. The number of hydrazone groups is 1. The number of oxazole rings is 1. The Labute approximate surface area is 171 Å². The number of nitrogens with zero attached hydrogens (tertiary/aromatic N) is 5. The van der Waals surface area contributed by atoms with Gasteiger partial charge in [0.25, 0.3) is 5.88 Å². The second-order valence-electron chi connectivity index (χ2n) is 6.56. The van der Waals surface area contributed by atoms with Crippen LogP contribution in [-0.4, -0.2) is 21.0 Å². The molecule has 0 amide bonds. The maximum Gasteiger partial charge on any atom is 0.252 e. The Kier molecular flexibility index (Phi) is 5.22. The summed E-state index contributed by atoms with van der Waals surface area (Å²) in [7, 11) is 0. The summed E-state index contributed by atoms with van der Waals surface area (Å²) in [4.78, 5) is 5.22. The summed E-state index contributed by atoms with van der Waals surface area (Å²) in [5, 5.41) is 20.3. The van der Waals surface area contributed by atoms with Crippen molar-refractivity contribution in [1.82, 2.24) is 14.8 Å². The number of benzene rings is 1. The van der Waals surface area contributed by atoms with Crippen LogP contribution in [0.1, 0.15) is 36.9 Å². The molecule has 0 fully saturated rings. The Bertz CT molecular complexity index is 1170. The van der Waals surface area contributed by atoms with E-state index in [2.05, 4.69) is 15.5 Å². The Morgan fingerprint density at radius 3 is 2.76 bits per heavy atom. The molecule has 4 aromatic rings. The Hall–Kier alpha value is -3.70. The van der Waals surface area contributed by atoms with Crippen LogP contribution >= 0.6 is 11.3 Å². The van der Waals surface area contributed by atoms with E-state index >= 15 is 0 Å². The fraction of sp³-hybridized carbons (Fsp3) is 0.143. The van der Waals surface area contributed by atoms with E-state index in [4.69, 9.17) is 9.52 Å². The third-order valence-corrected chi connectivity index (χ3v) is 5.01. The van der Waals surface area contributed by atoms with Crippen molar-refractivity contribution < 1.29 is 4.42 Å². The van der Waals surface area contributed by atoms with Crippen LogP contribution in [0.25, 0.3) is 16.3 Å². The fourth-order valence-electron chi connectivity index (χ4n) is 2.70.